The highest BCUT2D eigenvalue weighted by Crippen LogP contribution is 2.26. The number of ether oxygens (including phenoxy) is 1. The van der Waals surface area contributed by atoms with Crippen molar-refractivity contribution < 1.29 is 22.7 Å². The highest BCUT2D eigenvalue weighted by Gasteiger charge is 2.42. The van der Waals surface area contributed by atoms with E-state index in [1.54, 1.807) is 13.8 Å². The van der Waals surface area contributed by atoms with Crippen molar-refractivity contribution in [2.75, 3.05) is 13.7 Å². The van der Waals surface area contributed by atoms with Gasteiger partial charge in [-0.15, -0.1) is 0 Å². The Morgan fingerprint density at radius 3 is 2.33 bits per heavy atom. The molecule has 2 atom stereocenters. The summed E-state index contributed by atoms with van der Waals surface area (Å²) in [5.41, 5.74) is -0.971. The zero-order chi connectivity index (χ0) is 14.0. The first-order valence-corrected chi connectivity index (χ1v) is 5.83. The van der Waals surface area contributed by atoms with Gasteiger partial charge in [0.2, 0.25) is 0 Å². The Kier molecular flexibility index (Phi) is 4.61. The number of methoxy groups -OCH3 is 1. The van der Waals surface area contributed by atoms with Gasteiger partial charge in [0.05, 0.1) is 0 Å². The summed E-state index contributed by atoms with van der Waals surface area (Å²) in [6.45, 7) is 3.34. The Hall–Kier alpha value is -0.820. The molecule has 0 aromatic carbocycles. The first kappa shape index (κ1) is 15.2. The van der Waals surface area contributed by atoms with E-state index < -0.39 is 17.8 Å². The fourth-order valence-corrected chi connectivity index (χ4v) is 1.71. The van der Waals surface area contributed by atoms with E-state index in [2.05, 4.69) is 10.6 Å². The molecule has 7 heteroatoms. The molecule has 1 fully saturated rings. The molecule has 18 heavy (non-hydrogen) atoms. The summed E-state index contributed by atoms with van der Waals surface area (Å²) in [6.07, 6.45) is -3.94. The average molecular weight is 268 g/mol. The first-order chi connectivity index (χ1) is 8.16. The van der Waals surface area contributed by atoms with Gasteiger partial charge in [0.15, 0.2) is 0 Å². The maximum atomic E-state index is 12.4. The topological polar surface area (TPSA) is 50.4 Å². The molecule has 0 aromatic heterocycles. The second kappa shape index (κ2) is 5.44. The van der Waals surface area contributed by atoms with Crippen molar-refractivity contribution in [1.82, 2.24) is 10.6 Å². The van der Waals surface area contributed by atoms with E-state index in [1.807, 2.05) is 0 Å². The maximum Gasteiger partial charge on any atom is 0.403 e. The van der Waals surface area contributed by atoms with Gasteiger partial charge in [-0.25, -0.2) is 0 Å². The molecule has 0 aliphatic carbocycles. The average Bonchev–Trinajstić information content (AvgIpc) is 2.28. The van der Waals surface area contributed by atoms with Gasteiger partial charge in [-0.1, -0.05) is 0 Å². The second-order valence-electron chi connectivity index (χ2n) is 4.96. The number of nitrogens with one attached hydrogen (secondary N) is 2. The lowest BCUT2D eigenvalue weighted by Gasteiger charge is -2.33. The van der Waals surface area contributed by atoms with Crippen molar-refractivity contribution in [2.24, 2.45) is 0 Å². The molecule has 0 radical (unpaired) electrons. The van der Waals surface area contributed by atoms with Crippen molar-refractivity contribution in [1.29, 1.82) is 0 Å². The number of alkyl halides is 3. The lowest BCUT2D eigenvalue weighted by Crippen LogP contribution is -2.56. The van der Waals surface area contributed by atoms with Crippen molar-refractivity contribution in [3.05, 3.63) is 0 Å². The second-order valence-corrected chi connectivity index (χ2v) is 4.96. The summed E-state index contributed by atoms with van der Waals surface area (Å²) in [5.74, 6) is -0.317. The van der Waals surface area contributed by atoms with Crippen LogP contribution in [0.25, 0.3) is 0 Å². The predicted molar refractivity (Wildman–Crippen MR) is 60.1 cm³/mol. The maximum absolute atomic E-state index is 12.4. The van der Waals surface area contributed by atoms with Crippen LogP contribution in [0.1, 0.15) is 26.7 Å². The van der Waals surface area contributed by atoms with Gasteiger partial charge in [0.1, 0.15) is 11.6 Å². The van der Waals surface area contributed by atoms with Gasteiger partial charge in [0.25, 0.3) is 5.91 Å². The third-order valence-corrected chi connectivity index (χ3v) is 3.20. The van der Waals surface area contributed by atoms with E-state index in [9.17, 15) is 18.0 Å². The summed E-state index contributed by atoms with van der Waals surface area (Å²) in [6, 6.07) is -1.76. The Bertz CT molecular complexity index is 297. The number of carbonyl (C=O) groups is 1. The lowest BCUT2D eigenvalue weighted by molar-refractivity contribution is -0.161. The van der Waals surface area contributed by atoms with Crippen molar-refractivity contribution in [3.8, 4) is 0 Å². The third kappa shape index (κ3) is 3.84. The molecule has 1 aliphatic rings. The minimum absolute atomic E-state index is 0.0259. The molecule has 0 spiro atoms. The lowest BCUT2D eigenvalue weighted by atomic mass is 9.99. The number of amides is 1. The molecule has 1 aliphatic heterocycles. The van der Waals surface area contributed by atoms with Gasteiger partial charge >= 0.3 is 6.18 Å². The number of carbonyl (C=O) groups excluding carboxylic acids is 1. The fourth-order valence-electron chi connectivity index (χ4n) is 1.71. The third-order valence-electron chi connectivity index (χ3n) is 3.20. The molecule has 0 aromatic rings. The van der Waals surface area contributed by atoms with Crippen LogP contribution >= 0.6 is 0 Å². The molecular weight excluding hydrogens is 249 g/mol. The van der Waals surface area contributed by atoms with E-state index in [0.29, 0.717) is 6.42 Å². The molecular formula is C11H19F3N2O2. The largest absolute Gasteiger partial charge is 0.403 e. The van der Waals surface area contributed by atoms with E-state index >= 15 is 0 Å². The number of rotatable bonds is 3. The molecule has 1 heterocycles. The predicted octanol–water partition coefficient (Wildman–Crippen LogP) is 1.21. The van der Waals surface area contributed by atoms with Crippen LogP contribution in [-0.4, -0.2) is 43.4 Å². The standard InChI is InChI=1S/C11H19F3N2O2/c1-10(2,18-3)9(17)16-7-4-5-8(15-6-7)11(12,13)14/h7-8,15H,4-6H2,1-3H3,(H,16,17). The molecule has 2 N–H and O–H groups in total. The van der Waals surface area contributed by atoms with E-state index in [1.165, 1.54) is 7.11 Å². The molecule has 1 saturated heterocycles. The van der Waals surface area contributed by atoms with Gasteiger partial charge in [-0.3, -0.25) is 4.79 Å². The minimum Gasteiger partial charge on any atom is -0.369 e. The van der Waals surface area contributed by atoms with E-state index in [4.69, 9.17) is 4.74 Å². The molecule has 106 valence electrons. The Morgan fingerprint density at radius 2 is 1.94 bits per heavy atom. The monoisotopic (exact) mass is 268 g/mol. The van der Waals surface area contributed by atoms with Crippen molar-refractivity contribution >= 4 is 5.91 Å². The van der Waals surface area contributed by atoms with Gasteiger partial charge in [-0.05, 0) is 26.7 Å². The van der Waals surface area contributed by atoms with E-state index in [0.717, 1.165) is 0 Å². The summed E-state index contributed by atoms with van der Waals surface area (Å²) < 4.78 is 42.2. The van der Waals surface area contributed by atoms with Crippen molar-refractivity contribution in [2.45, 2.75) is 50.6 Å². The Labute approximate surface area is 104 Å². The summed E-state index contributed by atoms with van der Waals surface area (Å²) in [4.78, 5) is 11.8. The molecule has 0 saturated carbocycles. The van der Waals surface area contributed by atoms with Gasteiger partial charge in [-0.2, -0.15) is 13.2 Å². The first-order valence-electron chi connectivity index (χ1n) is 5.83. The highest BCUT2D eigenvalue weighted by molar-refractivity contribution is 5.84. The molecule has 2 unspecified atom stereocenters. The van der Waals surface area contributed by atoms with Crippen LogP contribution in [0.4, 0.5) is 13.2 Å². The van der Waals surface area contributed by atoms with Crippen LogP contribution in [0.5, 0.6) is 0 Å². The number of hydrogen-bond acceptors (Lipinski definition) is 3. The fraction of sp³-hybridized carbons (Fsp3) is 0.909. The quantitative estimate of drug-likeness (QED) is 0.809. The van der Waals surface area contributed by atoms with Crippen LogP contribution in [0.3, 0.4) is 0 Å². The van der Waals surface area contributed by atoms with Crippen LogP contribution in [0, 0.1) is 0 Å². The summed E-state index contributed by atoms with van der Waals surface area (Å²) >= 11 is 0. The van der Waals surface area contributed by atoms with Gasteiger partial charge in [0, 0.05) is 19.7 Å². The Morgan fingerprint density at radius 1 is 1.33 bits per heavy atom. The molecule has 4 nitrogen and oxygen atoms in total. The summed E-state index contributed by atoms with van der Waals surface area (Å²) in [7, 11) is 1.42. The number of piperidine rings is 1. The summed E-state index contributed by atoms with van der Waals surface area (Å²) in [5, 5.41) is 5.09. The smallest absolute Gasteiger partial charge is 0.369 e. The van der Waals surface area contributed by atoms with Crippen molar-refractivity contribution in [3.63, 3.8) is 0 Å². The SMILES string of the molecule is COC(C)(C)C(=O)NC1CCC(C(F)(F)F)NC1. The molecule has 1 rings (SSSR count). The molecule has 0 bridgehead atoms. The van der Waals surface area contributed by atoms with Gasteiger partial charge < -0.3 is 15.4 Å². The number of halogens is 3. The van der Waals surface area contributed by atoms with Crippen LogP contribution in [-0.2, 0) is 9.53 Å². The van der Waals surface area contributed by atoms with Crippen LogP contribution in [0.15, 0.2) is 0 Å². The van der Waals surface area contributed by atoms with Crippen LogP contribution < -0.4 is 10.6 Å². The minimum atomic E-state index is -4.22. The molecule has 1 amide bonds. The van der Waals surface area contributed by atoms with Crippen LogP contribution in [0.2, 0.25) is 0 Å². The normalized spacial score (nSPS) is 25.9. The zero-order valence-electron chi connectivity index (χ0n) is 10.7. The number of hydrogen-bond donors (Lipinski definition) is 2. The highest BCUT2D eigenvalue weighted by atomic mass is 19.4. The zero-order valence-corrected chi connectivity index (χ0v) is 10.7. The Balaban J connectivity index is 2.43. The van der Waals surface area contributed by atoms with E-state index in [-0.39, 0.29) is 24.9 Å².